The predicted molar refractivity (Wildman–Crippen MR) is 199 cm³/mol. The average Bonchev–Trinajstić information content (AvgIpc) is 3.58. The molecule has 0 saturated carbocycles. The van der Waals surface area contributed by atoms with Crippen LogP contribution in [-0.2, 0) is 6.18 Å². The molecule has 8 aromatic carbocycles. The molecule has 0 spiro atoms. The van der Waals surface area contributed by atoms with Crippen molar-refractivity contribution in [2.24, 2.45) is 0 Å². The molecule has 1 aromatic heterocycles. The van der Waals surface area contributed by atoms with Crippen molar-refractivity contribution < 1.29 is 13.2 Å². The molecule has 0 saturated heterocycles. The Hall–Kier alpha value is -5.78. The second-order valence-electron chi connectivity index (χ2n) is 12.4. The van der Waals surface area contributed by atoms with Crippen LogP contribution in [0.25, 0.3) is 86.5 Å². The van der Waals surface area contributed by atoms with Crippen molar-refractivity contribution in [3.8, 4) is 44.0 Å². The highest BCUT2D eigenvalue weighted by molar-refractivity contribution is 7.21. The molecule has 0 N–H and O–H groups in total. The van der Waals surface area contributed by atoms with E-state index in [1.807, 2.05) is 18.2 Å². The predicted octanol–water partition coefficient (Wildman–Crippen LogP) is 13.4. The van der Waals surface area contributed by atoms with E-state index in [0.29, 0.717) is 0 Å². The van der Waals surface area contributed by atoms with E-state index in [4.69, 9.17) is 4.98 Å². The van der Waals surface area contributed by atoms with Gasteiger partial charge in [0.1, 0.15) is 5.01 Å². The first-order chi connectivity index (χ1) is 23.9. The Morgan fingerprint density at radius 1 is 0.408 bits per heavy atom. The van der Waals surface area contributed by atoms with Gasteiger partial charge >= 0.3 is 6.18 Å². The van der Waals surface area contributed by atoms with Crippen molar-refractivity contribution in [1.29, 1.82) is 0 Å². The Morgan fingerprint density at radius 2 is 0.837 bits per heavy atom. The number of alkyl halides is 3. The summed E-state index contributed by atoms with van der Waals surface area (Å²) in [5, 5.41) is 7.83. The van der Waals surface area contributed by atoms with E-state index < -0.39 is 11.7 Å². The van der Waals surface area contributed by atoms with Crippen LogP contribution in [0, 0.1) is 0 Å². The van der Waals surface area contributed by atoms with Gasteiger partial charge in [0.2, 0.25) is 0 Å². The van der Waals surface area contributed by atoms with Crippen LogP contribution in [0.2, 0.25) is 0 Å². The summed E-state index contributed by atoms with van der Waals surface area (Å²) < 4.78 is 40.3. The van der Waals surface area contributed by atoms with E-state index in [0.717, 1.165) is 72.0 Å². The van der Waals surface area contributed by atoms with Gasteiger partial charge in [0.15, 0.2) is 0 Å². The Balaban J connectivity index is 0.978. The molecule has 1 nitrogen and oxygen atoms in total. The van der Waals surface area contributed by atoms with Crippen molar-refractivity contribution in [2.75, 3.05) is 0 Å². The molecule has 0 aliphatic carbocycles. The monoisotopic (exact) mass is 657 g/mol. The maximum absolute atomic E-state index is 13.0. The van der Waals surface area contributed by atoms with E-state index in [1.165, 1.54) is 38.7 Å². The number of aromatic nitrogens is 1. The highest BCUT2D eigenvalue weighted by atomic mass is 32.1. The second-order valence-corrected chi connectivity index (χ2v) is 13.4. The van der Waals surface area contributed by atoms with Crippen LogP contribution in [0.15, 0.2) is 158 Å². The third-order valence-corrected chi connectivity index (χ3v) is 10.4. The third-order valence-electron chi connectivity index (χ3n) is 9.31. The number of fused-ring (bicyclic) bond motifs is 5. The van der Waals surface area contributed by atoms with E-state index in [2.05, 4.69) is 115 Å². The largest absolute Gasteiger partial charge is 0.416 e. The number of halogens is 3. The van der Waals surface area contributed by atoms with Crippen molar-refractivity contribution in [3.63, 3.8) is 0 Å². The molecule has 49 heavy (non-hydrogen) atoms. The molecular formula is C44H26F3NS. The fraction of sp³-hybridized carbons (Fsp3) is 0.0227. The molecule has 0 fully saturated rings. The van der Waals surface area contributed by atoms with Crippen LogP contribution in [0.4, 0.5) is 13.2 Å². The molecule has 0 aliphatic rings. The lowest BCUT2D eigenvalue weighted by atomic mass is 9.94. The van der Waals surface area contributed by atoms with Gasteiger partial charge in [0, 0.05) is 5.56 Å². The van der Waals surface area contributed by atoms with Gasteiger partial charge < -0.3 is 0 Å². The number of nitrogens with zero attached hydrogens (tertiary/aromatic N) is 1. The van der Waals surface area contributed by atoms with Crippen LogP contribution in [0.3, 0.4) is 0 Å². The van der Waals surface area contributed by atoms with Gasteiger partial charge in [0.05, 0.1) is 15.8 Å². The summed E-state index contributed by atoms with van der Waals surface area (Å²) in [5.74, 6) is 0. The maximum atomic E-state index is 13.0. The molecular weight excluding hydrogens is 632 g/mol. The molecule has 0 unspecified atom stereocenters. The van der Waals surface area contributed by atoms with Crippen molar-refractivity contribution in [3.05, 3.63) is 163 Å². The van der Waals surface area contributed by atoms with Crippen LogP contribution in [0.5, 0.6) is 0 Å². The Morgan fingerprint density at radius 3 is 1.39 bits per heavy atom. The van der Waals surface area contributed by atoms with Gasteiger partial charge in [-0.3, -0.25) is 0 Å². The van der Waals surface area contributed by atoms with E-state index in [-0.39, 0.29) is 0 Å². The van der Waals surface area contributed by atoms with Gasteiger partial charge in [-0.25, -0.2) is 4.98 Å². The summed E-state index contributed by atoms with van der Waals surface area (Å²) in [7, 11) is 0. The zero-order chi connectivity index (χ0) is 33.1. The second kappa shape index (κ2) is 11.4. The van der Waals surface area contributed by atoms with Gasteiger partial charge in [-0.2, -0.15) is 13.2 Å². The Kier molecular flexibility index (Phi) is 6.85. The van der Waals surface area contributed by atoms with Crippen molar-refractivity contribution in [1.82, 2.24) is 4.98 Å². The molecule has 0 aliphatic heterocycles. The highest BCUT2D eigenvalue weighted by Crippen LogP contribution is 2.36. The van der Waals surface area contributed by atoms with Crippen LogP contribution >= 0.6 is 11.3 Å². The Labute approximate surface area is 284 Å². The number of rotatable bonds is 4. The van der Waals surface area contributed by atoms with Crippen LogP contribution in [0.1, 0.15) is 5.56 Å². The minimum atomic E-state index is -4.34. The summed E-state index contributed by atoms with van der Waals surface area (Å²) in [6.45, 7) is 0. The first-order valence-electron chi connectivity index (χ1n) is 16.0. The molecule has 0 radical (unpaired) electrons. The number of hydrogen-bond acceptors (Lipinski definition) is 2. The molecule has 1 heterocycles. The minimum absolute atomic E-state index is 0.641. The first kappa shape index (κ1) is 29.4. The standard InChI is InChI=1S/C44H26F3NS/c45-44(46,47)38-19-15-28(16-20-38)31-17-21-39-36(25-31)13-14-37-26-35(18-22-40(37)39)34-12-11-32-23-30(9-10-33(32)24-34)27-5-7-29(8-6-27)43-48-41-3-1-2-4-42(41)49-43/h1-26H. The average molecular weight is 658 g/mol. The zero-order valence-electron chi connectivity index (χ0n) is 26.0. The minimum Gasteiger partial charge on any atom is -0.236 e. The highest BCUT2D eigenvalue weighted by Gasteiger charge is 2.30. The number of benzene rings is 8. The summed E-state index contributed by atoms with van der Waals surface area (Å²) in [6.07, 6.45) is -4.34. The zero-order valence-corrected chi connectivity index (χ0v) is 26.8. The molecule has 0 atom stereocenters. The first-order valence-corrected chi connectivity index (χ1v) is 16.8. The molecule has 234 valence electrons. The lowest BCUT2D eigenvalue weighted by molar-refractivity contribution is -0.137. The molecule has 9 aromatic rings. The van der Waals surface area contributed by atoms with E-state index in [9.17, 15) is 13.2 Å². The normalized spacial score (nSPS) is 12.0. The SMILES string of the molecule is FC(F)(F)c1ccc(-c2ccc3c(ccc4cc(-c5ccc6cc(-c7ccc(-c8nc9ccccc9s8)cc7)ccc6c5)ccc43)c2)cc1. The molecule has 0 bridgehead atoms. The molecule has 0 amide bonds. The van der Waals surface area contributed by atoms with Gasteiger partial charge in [-0.15, -0.1) is 11.3 Å². The van der Waals surface area contributed by atoms with E-state index in [1.54, 1.807) is 11.3 Å². The Bertz CT molecular complexity index is 2650. The van der Waals surface area contributed by atoms with Gasteiger partial charge in [0.25, 0.3) is 0 Å². The van der Waals surface area contributed by atoms with Crippen LogP contribution < -0.4 is 0 Å². The number of hydrogen-bond donors (Lipinski definition) is 0. The van der Waals surface area contributed by atoms with Gasteiger partial charge in [-0.1, -0.05) is 109 Å². The number of thiazole rings is 1. The quantitative estimate of drug-likeness (QED) is 0.172. The van der Waals surface area contributed by atoms with Crippen LogP contribution in [-0.4, -0.2) is 4.98 Å². The molecule has 9 rings (SSSR count). The van der Waals surface area contributed by atoms with E-state index >= 15 is 0 Å². The topological polar surface area (TPSA) is 12.9 Å². The van der Waals surface area contributed by atoms with Crippen molar-refractivity contribution in [2.45, 2.75) is 6.18 Å². The van der Waals surface area contributed by atoms with Gasteiger partial charge in [-0.05, 0) is 114 Å². The summed E-state index contributed by atoms with van der Waals surface area (Å²) in [4.78, 5) is 4.80. The lowest BCUT2D eigenvalue weighted by Crippen LogP contribution is -2.03. The third kappa shape index (κ3) is 5.42. The molecule has 5 heteroatoms. The fourth-order valence-electron chi connectivity index (χ4n) is 6.69. The fourth-order valence-corrected chi connectivity index (χ4v) is 7.66. The summed E-state index contributed by atoms with van der Waals surface area (Å²) in [5.41, 5.74) is 7.81. The summed E-state index contributed by atoms with van der Waals surface area (Å²) in [6, 6.07) is 52.3. The smallest absolute Gasteiger partial charge is 0.236 e. The lowest BCUT2D eigenvalue weighted by Gasteiger charge is -2.11. The number of para-hydroxylation sites is 1. The summed E-state index contributed by atoms with van der Waals surface area (Å²) >= 11 is 1.72. The maximum Gasteiger partial charge on any atom is 0.416 e. The van der Waals surface area contributed by atoms with Crippen molar-refractivity contribution >= 4 is 53.9 Å².